The molecule has 0 unspecified atom stereocenters. The van der Waals surface area contributed by atoms with Gasteiger partial charge in [-0.1, -0.05) is 51.1 Å². The van der Waals surface area contributed by atoms with E-state index < -0.39 is 0 Å². The predicted octanol–water partition coefficient (Wildman–Crippen LogP) is 4.21. The predicted molar refractivity (Wildman–Crippen MR) is 83.5 cm³/mol. The van der Waals surface area contributed by atoms with Gasteiger partial charge in [-0.3, -0.25) is 0 Å². The molecule has 20 heavy (non-hydrogen) atoms. The fourth-order valence-electron chi connectivity index (χ4n) is 2.20. The number of nitrogens with one attached hydrogen (secondary N) is 2. The zero-order valence-corrected chi connectivity index (χ0v) is 12.3. The Morgan fingerprint density at radius 2 is 1.60 bits per heavy atom. The van der Waals surface area contributed by atoms with Crippen molar-refractivity contribution < 1.29 is 5.21 Å². The molecule has 2 aromatic rings. The van der Waals surface area contributed by atoms with E-state index in [-0.39, 0.29) is 5.41 Å². The number of benzene rings is 2. The lowest BCUT2D eigenvalue weighted by Crippen LogP contribution is -2.13. The molecule has 0 amide bonds. The van der Waals surface area contributed by atoms with Crippen LogP contribution in [0.1, 0.15) is 31.9 Å². The smallest absolute Gasteiger partial charge is 0.0458 e. The largest absolute Gasteiger partial charge is 0.355 e. The summed E-state index contributed by atoms with van der Waals surface area (Å²) >= 11 is 0. The van der Waals surface area contributed by atoms with Crippen molar-refractivity contribution in [3.05, 3.63) is 59.7 Å². The first kappa shape index (κ1) is 14.6. The van der Waals surface area contributed by atoms with Gasteiger partial charge in [-0.25, -0.2) is 5.48 Å². The molecular formula is C17H22N2O. The van der Waals surface area contributed by atoms with Crippen LogP contribution in [0, 0.1) is 0 Å². The van der Waals surface area contributed by atoms with Crippen molar-refractivity contribution >= 4 is 11.4 Å². The zero-order chi connectivity index (χ0) is 14.6. The van der Waals surface area contributed by atoms with Gasteiger partial charge >= 0.3 is 0 Å². The Bertz CT molecular complexity index is 556. The molecule has 0 spiro atoms. The van der Waals surface area contributed by atoms with Crippen molar-refractivity contribution in [3.63, 3.8) is 0 Å². The lowest BCUT2D eigenvalue weighted by atomic mass is 9.86. The summed E-state index contributed by atoms with van der Waals surface area (Å²) in [5, 5.41) is 12.1. The van der Waals surface area contributed by atoms with Crippen LogP contribution in [0.3, 0.4) is 0 Å². The Morgan fingerprint density at radius 1 is 0.950 bits per heavy atom. The number of hydroxylamine groups is 1. The Balaban J connectivity index is 2.22. The number of anilines is 2. The molecule has 0 bridgehead atoms. The van der Waals surface area contributed by atoms with Crippen LogP contribution in [-0.4, -0.2) is 5.21 Å². The van der Waals surface area contributed by atoms with Gasteiger partial charge in [0.25, 0.3) is 0 Å². The van der Waals surface area contributed by atoms with E-state index in [4.69, 9.17) is 5.21 Å². The summed E-state index contributed by atoms with van der Waals surface area (Å²) in [5.41, 5.74) is 6.78. The lowest BCUT2D eigenvalue weighted by molar-refractivity contribution is 0.161. The number of para-hydroxylation sites is 1. The molecule has 0 aliphatic rings. The quantitative estimate of drug-likeness (QED) is 0.729. The Hall–Kier alpha value is -1.84. The van der Waals surface area contributed by atoms with Gasteiger partial charge in [0.1, 0.15) is 0 Å². The second-order valence-corrected chi connectivity index (χ2v) is 5.95. The highest BCUT2D eigenvalue weighted by atomic mass is 16.5. The fourth-order valence-corrected chi connectivity index (χ4v) is 2.20. The first-order valence-electron chi connectivity index (χ1n) is 6.83. The van der Waals surface area contributed by atoms with E-state index >= 15 is 0 Å². The molecule has 0 aromatic heterocycles. The summed E-state index contributed by atoms with van der Waals surface area (Å²) < 4.78 is 0. The minimum Gasteiger partial charge on any atom is -0.355 e. The lowest BCUT2D eigenvalue weighted by Gasteiger charge is -2.23. The summed E-state index contributed by atoms with van der Waals surface area (Å²) in [7, 11) is 0. The maximum Gasteiger partial charge on any atom is 0.0458 e. The molecule has 3 N–H and O–H groups in total. The minimum absolute atomic E-state index is 0.102. The van der Waals surface area contributed by atoms with Crippen LogP contribution >= 0.6 is 0 Å². The molecule has 0 saturated heterocycles. The second kappa shape index (κ2) is 6.07. The van der Waals surface area contributed by atoms with E-state index in [0.717, 1.165) is 16.9 Å². The maximum atomic E-state index is 8.68. The highest BCUT2D eigenvalue weighted by Crippen LogP contribution is 2.31. The maximum absolute atomic E-state index is 8.68. The van der Waals surface area contributed by atoms with E-state index in [9.17, 15) is 0 Å². The molecule has 0 radical (unpaired) electrons. The zero-order valence-electron chi connectivity index (χ0n) is 12.3. The Labute approximate surface area is 120 Å². The molecule has 0 heterocycles. The third-order valence-corrected chi connectivity index (χ3v) is 3.25. The standard InChI is InChI=1S/C17H22N2O/c1-17(2,3)15-6-4-5-7-16(15)19-14-10-8-13(9-11-14)12-18-20/h4-11,18-20H,12H2,1-3H3. The van der Waals surface area contributed by atoms with Gasteiger partial charge in [0, 0.05) is 17.9 Å². The number of rotatable bonds is 4. The summed E-state index contributed by atoms with van der Waals surface area (Å²) in [4.78, 5) is 0. The SMILES string of the molecule is CC(C)(C)c1ccccc1Nc1ccc(CNO)cc1. The first-order valence-corrected chi connectivity index (χ1v) is 6.83. The second-order valence-electron chi connectivity index (χ2n) is 5.95. The van der Waals surface area contributed by atoms with Gasteiger partial charge in [-0.05, 0) is 34.7 Å². The minimum atomic E-state index is 0.102. The van der Waals surface area contributed by atoms with E-state index in [1.807, 2.05) is 30.3 Å². The molecule has 0 aliphatic heterocycles. The van der Waals surface area contributed by atoms with E-state index in [2.05, 4.69) is 49.8 Å². The van der Waals surface area contributed by atoms with Gasteiger partial charge < -0.3 is 10.5 Å². The van der Waals surface area contributed by atoms with Gasteiger partial charge in [0.05, 0.1) is 0 Å². The topological polar surface area (TPSA) is 44.3 Å². The van der Waals surface area contributed by atoms with Crippen LogP contribution in [0.25, 0.3) is 0 Å². The van der Waals surface area contributed by atoms with Crippen molar-refractivity contribution in [1.29, 1.82) is 0 Å². The van der Waals surface area contributed by atoms with E-state index in [1.54, 1.807) is 0 Å². The van der Waals surface area contributed by atoms with Gasteiger partial charge in [-0.2, -0.15) is 0 Å². The summed E-state index contributed by atoms with van der Waals surface area (Å²) in [6.07, 6.45) is 0. The molecule has 2 aromatic carbocycles. The molecule has 2 rings (SSSR count). The van der Waals surface area contributed by atoms with Crippen molar-refractivity contribution in [2.75, 3.05) is 5.32 Å². The number of hydrogen-bond donors (Lipinski definition) is 3. The first-order chi connectivity index (χ1) is 9.50. The fraction of sp³-hybridized carbons (Fsp3) is 0.294. The highest BCUT2D eigenvalue weighted by molar-refractivity contribution is 5.64. The third-order valence-electron chi connectivity index (χ3n) is 3.25. The third kappa shape index (κ3) is 3.59. The van der Waals surface area contributed by atoms with Crippen molar-refractivity contribution in [2.24, 2.45) is 0 Å². The van der Waals surface area contributed by atoms with E-state index in [1.165, 1.54) is 5.56 Å². The number of hydrogen-bond acceptors (Lipinski definition) is 3. The van der Waals surface area contributed by atoms with Crippen LogP contribution in [0.15, 0.2) is 48.5 Å². The van der Waals surface area contributed by atoms with Crippen LogP contribution in [-0.2, 0) is 12.0 Å². The van der Waals surface area contributed by atoms with Gasteiger partial charge in [-0.15, -0.1) is 0 Å². The molecule has 0 atom stereocenters. The summed E-state index contributed by atoms with van der Waals surface area (Å²) in [6, 6.07) is 16.4. The van der Waals surface area contributed by atoms with Crippen LogP contribution in [0.4, 0.5) is 11.4 Å². The Kier molecular flexibility index (Phi) is 4.42. The average molecular weight is 270 g/mol. The van der Waals surface area contributed by atoms with Crippen LogP contribution < -0.4 is 10.8 Å². The van der Waals surface area contributed by atoms with Crippen molar-refractivity contribution in [2.45, 2.75) is 32.7 Å². The van der Waals surface area contributed by atoms with Gasteiger partial charge in [0.2, 0.25) is 0 Å². The Morgan fingerprint density at radius 3 is 2.20 bits per heavy atom. The molecule has 3 heteroatoms. The molecule has 0 saturated carbocycles. The average Bonchev–Trinajstić information content (AvgIpc) is 2.41. The van der Waals surface area contributed by atoms with Crippen LogP contribution in [0.2, 0.25) is 0 Å². The summed E-state index contributed by atoms with van der Waals surface area (Å²) in [5.74, 6) is 0. The molecule has 0 aliphatic carbocycles. The molecule has 106 valence electrons. The van der Waals surface area contributed by atoms with Crippen molar-refractivity contribution in [3.8, 4) is 0 Å². The van der Waals surface area contributed by atoms with Crippen molar-refractivity contribution in [1.82, 2.24) is 5.48 Å². The summed E-state index contributed by atoms with van der Waals surface area (Å²) in [6.45, 7) is 7.09. The molecule has 3 nitrogen and oxygen atoms in total. The highest BCUT2D eigenvalue weighted by Gasteiger charge is 2.17. The monoisotopic (exact) mass is 270 g/mol. The van der Waals surface area contributed by atoms with Gasteiger partial charge in [0.15, 0.2) is 0 Å². The molecular weight excluding hydrogens is 248 g/mol. The molecule has 0 fully saturated rings. The van der Waals surface area contributed by atoms with E-state index in [0.29, 0.717) is 6.54 Å². The van der Waals surface area contributed by atoms with Crippen LogP contribution in [0.5, 0.6) is 0 Å². The normalized spacial score (nSPS) is 11.4.